The van der Waals surface area contributed by atoms with Gasteiger partial charge in [0.2, 0.25) is 0 Å². The molecule has 0 saturated heterocycles. The van der Waals surface area contributed by atoms with Crippen LogP contribution >= 0.6 is 0 Å². The van der Waals surface area contributed by atoms with E-state index in [4.69, 9.17) is 0 Å². The molecule has 0 radical (unpaired) electrons. The van der Waals surface area contributed by atoms with E-state index in [-0.39, 0.29) is 11.7 Å². The molecular formula is C19H19N3O2. The summed E-state index contributed by atoms with van der Waals surface area (Å²) >= 11 is 0. The molecule has 1 aliphatic heterocycles. The van der Waals surface area contributed by atoms with Crippen LogP contribution in [-0.2, 0) is 13.1 Å². The Balaban J connectivity index is 1.93. The van der Waals surface area contributed by atoms with Gasteiger partial charge in [-0.15, -0.1) is 0 Å². The van der Waals surface area contributed by atoms with Gasteiger partial charge in [-0.05, 0) is 49.5 Å². The van der Waals surface area contributed by atoms with Crippen LogP contribution in [0.5, 0.6) is 5.75 Å². The lowest BCUT2D eigenvalue weighted by Crippen LogP contribution is -2.13. The van der Waals surface area contributed by atoms with Crippen LogP contribution in [0, 0.1) is 0 Å². The average molecular weight is 321 g/mol. The van der Waals surface area contributed by atoms with Crippen molar-refractivity contribution in [3.8, 4) is 17.0 Å². The van der Waals surface area contributed by atoms with Gasteiger partial charge in [0, 0.05) is 35.2 Å². The molecule has 24 heavy (non-hydrogen) atoms. The number of fused-ring (bicyclic) bond motifs is 2. The number of amides is 1. The number of nitrogens with zero attached hydrogens (tertiary/aromatic N) is 1. The summed E-state index contributed by atoms with van der Waals surface area (Å²) in [6.45, 7) is 1.37. The van der Waals surface area contributed by atoms with Gasteiger partial charge in [-0.2, -0.15) is 0 Å². The zero-order chi connectivity index (χ0) is 16.8. The van der Waals surface area contributed by atoms with E-state index >= 15 is 0 Å². The number of aromatic nitrogens is 1. The first kappa shape index (κ1) is 14.8. The van der Waals surface area contributed by atoms with Crippen molar-refractivity contribution in [1.29, 1.82) is 0 Å². The third kappa shape index (κ3) is 2.34. The van der Waals surface area contributed by atoms with E-state index in [1.807, 2.05) is 26.2 Å². The molecule has 1 aliphatic rings. The normalized spacial score (nSPS) is 13.5. The van der Waals surface area contributed by atoms with Gasteiger partial charge in [-0.1, -0.05) is 12.1 Å². The van der Waals surface area contributed by atoms with Crippen LogP contribution in [0.1, 0.15) is 21.5 Å². The van der Waals surface area contributed by atoms with Crippen molar-refractivity contribution in [2.45, 2.75) is 13.1 Å². The molecule has 0 bridgehead atoms. The summed E-state index contributed by atoms with van der Waals surface area (Å²) in [6, 6.07) is 11.5. The Morgan fingerprint density at radius 1 is 1.21 bits per heavy atom. The molecule has 2 heterocycles. The number of benzene rings is 2. The SMILES string of the molecule is CN(C)Cc1cc2c(c(-c3cc4c(O)cccc4[nH]3)c1)C(=O)NC2. The van der Waals surface area contributed by atoms with Crippen LogP contribution in [0.3, 0.4) is 0 Å². The maximum Gasteiger partial charge on any atom is 0.252 e. The molecule has 0 atom stereocenters. The highest BCUT2D eigenvalue weighted by Gasteiger charge is 2.25. The van der Waals surface area contributed by atoms with Crippen molar-refractivity contribution in [2.75, 3.05) is 14.1 Å². The molecule has 122 valence electrons. The fourth-order valence-electron chi connectivity index (χ4n) is 3.39. The highest BCUT2D eigenvalue weighted by molar-refractivity contribution is 6.05. The molecule has 3 N–H and O–H groups in total. The summed E-state index contributed by atoms with van der Waals surface area (Å²) < 4.78 is 0. The highest BCUT2D eigenvalue weighted by Crippen LogP contribution is 2.34. The lowest BCUT2D eigenvalue weighted by molar-refractivity contribution is 0.0966. The van der Waals surface area contributed by atoms with E-state index in [1.165, 1.54) is 0 Å². The number of carbonyl (C=O) groups excluding carboxylic acids is 1. The van der Waals surface area contributed by atoms with E-state index in [1.54, 1.807) is 12.1 Å². The van der Waals surface area contributed by atoms with E-state index in [0.717, 1.165) is 45.4 Å². The number of H-pyrrole nitrogens is 1. The summed E-state index contributed by atoms with van der Waals surface area (Å²) in [5.41, 5.74) is 5.50. The maximum atomic E-state index is 12.3. The highest BCUT2D eigenvalue weighted by atomic mass is 16.3. The van der Waals surface area contributed by atoms with Crippen LogP contribution in [0.2, 0.25) is 0 Å². The van der Waals surface area contributed by atoms with Gasteiger partial charge < -0.3 is 20.3 Å². The van der Waals surface area contributed by atoms with Gasteiger partial charge in [0.25, 0.3) is 5.91 Å². The molecule has 3 aromatic rings. The van der Waals surface area contributed by atoms with Crippen LogP contribution in [0.4, 0.5) is 0 Å². The second-order valence-corrected chi connectivity index (χ2v) is 6.52. The molecule has 1 aromatic heterocycles. The summed E-state index contributed by atoms with van der Waals surface area (Å²) in [4.78, 5) is 17.7. The zero-order valence-corrected chi connectivity index (χ0v) is 13.7. The zero-order valence-electron chi connectivity index (χ0n) is 13.7. The first-order valence-corrected chi connectivity index (χ1v) is 7.93. The molecule has 5 nitrogen and oxygen atoms in total. The summed E-state index contributed by atoms with van der Waals surface area (Å²) in [6.07, 6.45) is 0. The Labute approximate surface area is 139 Å². The van der Waals surface area contributed by atoms with Crippen LogP contribution in [-0.4, -0.2) is 35.0 Å². The van der Waals surface area contributed by atoms with Gasteiger partial charge >= 0.3 is 0 Å². The van der Waals surface area contributed by atoms with E-state index in [9.17, 15) is 9.90 Å². The summed E-state index contributed by atoms with van der Waals surface area (Å²) in [5, 5.41) is 13.7. The summed E-state index contributed by atoms with van der Waals surface area (Å²) in [5.74, 6) is 0.194. The Morgan fingerprint density at radius 2 is 2.04 bits per heavy atom. The molecule has 0 fully saturated rings. The Hall–Kier alpha value is -2.79. The number of phenols is 1. The number of aromatic amines is 1. The standard InChI is InChI=1S/C19H19N3O2/c1-22(2)10-11-6-12-9-20-19(24)18(12)14(7-11)16-8-13-15(21-16)4-3-5-17(13)23/h3-8,21,23H,9-10H2,1-2H3,(H,20,24). The predicted octanol–water partition coefficient (Wildman–Crippen LogP) is 2.85. The van der Waals surface area contributed by atoms with Crippen molar-refractivity contribution in [3.63, 3.8) is 0 Å². The van der Waals surface area contributed by atoms with Crippen LogP contribution in [0.15, 0.2) is 36.4 Å². The fourth-order valence-corrected chi connectivity index (χ4v) is 3.39. The number of carbonyl (C=O) groups is 1. The van der Waals surface area contributed by atoms with Crippen molar-refractivity contribution < 1.29 is 9.90 Å². The van der Waals surface area contributed by atoms with Crippen molar-refractivity contribution >= 4 is 16.8 Å². The fraction of sp³-hybridized carbons (Fsp3) is 0.211. The first-order valence-electron chi connectivity index (χ1n) is 7.93. The minimum atomic E-state index is -0.0423. The number of hydrogen-bond acceptors (Lipinski definition) is 3. The molecule has 5 heteroatoms. The number of rotatable bonds is 3. The summed E-state index contributed by atoms with van der Waals surface area (Å²) in [7, 11) is 4.05. The van der Waals surface area contributed by atoms with Gasteiger partial charge in [-0.3, -0.25) is 4.79 Å². The number of nitrogens with one attached hydrogen (secondary N) is 2. The van der Waals surface area contributed by atoms with Crippen LogP contribution in [0.25, 0.3) is 22.2 Å². The van der Waals surface area contributed by atoms with Gasteiger partial charge in [0.1, 0.15) is 5.75 Å². The topological polar surface area (TPSA) is 68.4 Å². The average Bonchev–Trinajstić information content (AvgIpc) is 3.11. The van der Waals surface area contributed by atoms with Crippen molar-refractivity contribution in [2.24, 2.45) is 0 Å². The van der Waals surface area contributed by atoms with Gasteiger partial charge in [-0.25, -0.2) is 0 Å². The maximum absolute atomic E-state index is 12.3. The molecule has 0 saturated carbocycles. The predicted molar refractivity (Wildman–Crippen MR) is 94.0 cm³/mol. The lowest BCUT2D eigenvalue weighted by atomic mass is 9.97. The molecular weight excluding hydrogens is 302 g/mol. The first-order chi connectivity index (χ1) is 11.5. The molecule has 0 unspecified atom stereocenters. The lowest BCUT2D eigenvalue weighted by Gasteiger charge is -2.13. The minimum absolute atomic E-state index is 0.0423. The quantitative estimate of drug-likeness (QED) is 0.695. The second-order valence-electron chi connectivity index (χ2n) is 6.52. The molecule has 0 spiro atoms. The minimum Gasteiger partial charge on any atom is -0.507 e. The van der Waals surface area contributed by atoms with Crippen molar-refractivity contribution in [1.82, 2.24) is 15.2 Å². The van der Waals surface area contributed by atoms with E-state index in [0.29, 0.717) is 6.54 Å². The second kappa shape index (κ2) is 5.39. The third-order valence-corrected chi connectivity index (χ3v) is 4.38. The Morgan fingerprint density at radius 3 is 2.79 bits per heavy atom. The number of hydrogen-bond donors (Lipinski definition) is 3. The van der Waals surface area contributed by atoms with Gasteiger partial charge in [0.15, 0.2) is 0 Å². The molecule has 1 amide bonds. The van der Waals surface area contributed by atoms with Crippen LogP contribution < -0.4 is 5.32 Å². The Kier molecular flexibility index (Phi) is 3.32. The molecule has 2 aromatic carbocycles. The number of aromatic hydroxyl groups is 1. The van der Waals surface area contributed by atoms with E-state index < -0.39 is 0 Å². The Bertz CT molecular complexity index is 957. The molecule has 0 aliphatic carbocycles. The largest absolute Gasteiger partial charge is 0.507 e. The number of phenolic OH excluding ortho intramolecular Hbond substituents is 1. The smallest absolute Gasteiger partial charge is 0.252 e. The monoisotopic (exact) mass is 321 g/mol. The molecule has 4 rings (SSSR count). The van der Waals surface area contributed by atoms with E-state index in [2.05, 4.69) is 27.3 Å². The third-order valence-electron chi connectivity index (χ3n) is 4.38. The van der Waals surface area contributed by atoms with Gasteiger partial charge in [0.05, 0.1) is 5.56 Å². The van der Waals surface area contributed by atoms with Crippen molar-refractivity contribution in [3.05, 3.63) is 53.1 Å².